The first-order valence-corrected chi connectivity index (χ1v) is 3.41. The number of rotatable bonds is 6. The second-order valence-electron chi connectivity index (χ2n) is 2.25. The van der Waals surface area contributed by atoms with Gasteiger partial charge in [-0.2, -0.15) is 17.6 Å². The van der Waals surface area contributed by atoms with Crippen LogP contribution in [0.2, 0.25) is 0 Å². The molecule has 0 heterocycles. The van der Waals surface area contributed by atoms with Gasteiger partial charge in [-0.25, -0.2) is 0 Å². The van der Waals surface area contributed by atoms with E-state index in [1.807, 2.05) is 0 Å². The third-order valence-corrected chi connectivity index (χ3v) is 1.07. The molecular weight excluding hydrogens is 202 g/mol. The van der Waals surface area contributed by atoms with Crippen molar-refractivity contribution in [1.29, 1.82) is 0 Å². The van der Waals surface area contributed by atoms with E-state index in [-0.39, 0.29) is 0 Å². The monoisotopic (exact) mass is 210 g/mol. The van der Waals surface area contributed by atoms with Gasteiger partial charge in [-0.15, -0.1) is 0 Å². The van der Waals surface area contributed by atoms with E-state index >= 15 is 0 Å². The van der Waals surface area contributed by atoms with Gasteiger partial charge in [0.1, 0.15) is 0 Å². The number of hydrogen-bond acceptors (Lipinski definition) is 1. The Kier molecular flexibility index (Phi) is 4.52. The number of halogens is 6. The predicted octanol–water partition coefficient (Wildman–Crippen LogP) is 2.91. The van der Waals surface area contributed by atoms with Crippen molar-refractivity contribution in [3.63, 3.8) is 0 Å². The van der Waals surface area contributed by atoms with Crippen molar-refractivity contribution < 1.29 is 31.1 Å². The molecule has 0 N–H and O–H groups in total. The molecule has 0 rings (SSSR count). The van der Waals surface area contributed by atoms with Crippen LogP contribution in [0.3, 0.4) is 0 Å². The van der Waals surface area contributed by atoms with E-state index in [2.05, 4.69) is 4.74 Å². The second-order valence-corrected chi connectivity index (χ2v) is 2.25. The van der Waals surface area contributed by atoms with Crippen molar-refractivity contribution in [1.82, 2.24) is 0 Å². The lowest BCUT2D eigenvalue weighted by molar-refractivity contribution is -0.378. The first-order valence-electron chi connectivity index (χ1n) is 3.41. The Morgan fingerprint density at radius 1 is 0.769 bits per heavy atom. The van der Waals surface area contributed by atoms with Crippen molar-refractivity contribution in [2.45, 2.75) is 25.1 Å². The molecule has 0 aliphatic rings. The molecule has 0 aliphatic heterocycles. The maximum absolute atomic E-state index is 12.2. The summed E-state index contributed by atoms with van der Waals surface area (Å²) in [6, 6.07) is 0. The van der Waals surface area contributed by atoms with Crippen LogP contribution < -0.4 is 0 Å². The van der Waals surface area contributed by atoms with E-state index in [1.54, 1.807) is 0 Å². The molecule has 0 aromatic heterocycles. The first-order chi connectivity index (χ1) is 5.83. The van der Waals surface area contributed by atoms with Crippen molar-refractivity contribution in [2.75, 3.05) is 13.3 Å². The zero-order valence-corrected chi connectivity index (χ0v) is 6.50. The van der Waals surface area contributed by atoms with Crippen LogP contribution in [-0.2, 0) is 4.74 Å². The third-order valence-electron chi connectivity index (χ3n) is 1.07. The van der Waals surface area contributed by atoms with Crippen molar-refractivity contribution in [2.24, 2.45) is 0 Å². The third kappa shape index (κ3) is 5.73. The molecule has 1 nitrogen and oxygen atoms in total. The fourth-order valence-corrected chi connectivity index (χ4v) is 0.541. The molecule has 0 fully saturated rings. The minimum Gasteiger partial charge on any atom is -0.255 e. The molecule has 13 heavy (non-hydrogen) atoms. The molecule has 0 amide bonds. The summed E-state index contributed by atoms with van der Waals surface area (Å²) in [5.74, 6) is 0. The van der Waals surface area contributed by atoms with Crippen LogP contribution >= 0.6 is 0 Å². The van der Waals surface area contributed by atoms with Crippen molar-refractivity contribution >= 4 is 0 Å². The molecule has 0 aromatic rings. The number of ether oxygens (including phenoxy) is 1. The highest BCUT2D eigenvalue weighted by Gasteiger charge is 2.43. The molecule has 0 radical (unpaired) electrons. The minimum absolute atomic E-state index is 1.46. The Hall–Kier alpha value is -0.460. The topological polar surface area (TPSA) is 9.23 Å². The van der Waals surface area contributed by atoms with Crippen molar-refractivity contribution in [3.8, 4) is 0 Å². The van der Waals surface area contributed by atoms with Crippen LogP contribution in [0.25, 0.3) is 0 Å². The average Bonchev–Trinajstić information content (AvgIpc) is 1.82. The molecule has 0 saturated carbocycles. The fraction of sp³-hybridized carbons (Fsp3) is 1.00. The van der Waals surface area contributed by atoms with E-state index in [0.717, 1.165) is 0 Å². The summed E-state index contributed by atoms with van der Waals surface area (Å²) in [5.41, 5.74) is 0. The lowest BCUT2D eigenvalue weighted by Crippen LogP contribution is -2.33. The van der Waals surface area contributed by atoms with Gasteiger partial charge in [0.15, 0.2) is 0 Å². The molecule has 80 valence electrons. The van der Waals surface area contributed by atoms with E-state index in [4.69, 9.17) is 0 Å². The summed E-state index contributed by atoms with van der Waals surface area (Å²) in [4.78, 5) is 0. The van der Waals surface area contributed by atoms with Crippen molar-refractivity contribution in [3.05, 3.63) is 0 Å². The zero-order chi connectivity index (χ0) is 10.5. The van der Waals surface area contributed by atoms with Gasteiger partial charge in [-0.05, 0) is 0 Å². The average molecular weight is 210 g/mol. The smallest absolute Gasteiger partial charge is 0.255 e. The minimum atomic E-state index is -4.26. The molecule has 0 saturated heterocycles. The van der Waals surface area contributed by atoms with E-state index < -0.39 is 38.4 Å². The summed E-state index contributed by atoms with van der Waals surface area (Å²) in [6.07, 6.45) is -11.4. The summed E-state index contributed by atoms with van der Waals surface area (Å²) < 4.78 is 74.4. The highest BCUT2D eigenvalue weighted by Crippen LogP contribution is 2.31. The van der Waals surface area contributed by atoms with E-state index in [1.165, 1.54) is 0 Å². The molecule has 7 heteroatoms. The van der Waals surface area contributed by atoms with Crippen LogP contribution in [0.1, 0.15) is 12.8 Å². The Labute approximate surface area is 70.7 Å². The van der Waals surface area contributed by atoms with Gasteiger partial charge in [0.2, 0.25) is 0 Å². The van der Waals surface area contributed by atoms with Gasteiger partial charge in [-0.3, -0.25) is 13.5 Å². The lowest BCUT2D eigenvalue weighted by Gasteiger charge is -2.21. The fourth-order valence-electron chi connectivity index (χ4n) is 0.541. The molecule has 0 aliphatic carbocycles. The van der Waals surface area contributed by atoms with Gasteiger partial charge in [0.05, 0.1) is 26.2 Å². The quantitative estimate of drug-likeness (QED) is 0.612. The predicted molar refractivity (Wildman–Crippen MR) is 32.2 cm³/mol. The van der Waals surface area contributed by atoms with Gasteiger partial charge in [0, 0.05) is 0 Å². The molecule has 0 spiro atoms. The molecule has 0 bridgehead atoms. The molecular formula is C6H8F6O. The maximum atomic E-state index is 12.2. The van der Waals surface area contributed by atoms with E-state index in [0.29, 0.717) is 0 Å². The lowest BCUT2D eigenvalue weighted by atomic mass is 10.4. The molecule has 0 unspecified atom stereocenters. The van der Waals surface area contributed by atoms with Crippen LogP contribution in [-0.4, -0.2) is 25.6 Å². The largest absolute Gasteiger partial charge is 0.362 e. The Morgan fingerprint density at radius 3 is 1.31 bits per heavy atom. The van der Waals surface area contributed by atoms with Crippen LogP contribution in [0.5, 0.6) is 0 Å². The summed E-state index contributed by atoms with van der Waals surface area (Å²) >= 11 is 0. The van der Waals surface area contributed by atoms with Gasteiger partial charge in [0.25, 0.3) is 0 Å². The Bertz CT molecular complexity index is 132. The van der Waals surface area contributed by atoms with Crippen LogP contribution in [0.15, 0.2) is 0 Å². The highest BCUT2D eigenvalue weighted by atomic mass is 19.3. The Morgan fingerprint density at radius 2 is 1.08 bits per heavy atom. The number of hydrogen-bond donors (Lipinski definition) is 0. The summed E-state index contributed by atoms with van der Waals surface area (Å²) in [5, 5.41) is 0. The standard InChI is InChI=1S/C6H8F6O/c7-3-1-5(9,10)13-6(11,12)2-4-8/h1-4H2. The summed E-state index contributed by atoms with van der Waals surface area (Å²) in [7, 11) is 0. The zero-order valence-electron chi connectivity index (χ0n) is 6.50. The molecule has 0 atom stereocenters. The highest BCUT2D eigenvalue weighted by molar-refractivity contribution is 4.59. The summed E-state index contributed by atoms with van der Waals surface area (Å²) in [6.45, 7) is -2.97. The Balaban J connectivity index is 4.07. The van der Waals surface area contributed by atoms with E-state index in [9.17, 15) is 26.3 Å². The normalized spacial score (nSPS) is 13.4. The SMILES string of the molecule is FCCC(F)(F)OC(F)(F)CCF. The van der Waals surface area contributed by atoms with Crippen LogP contribution in [0, 0.1) is 0 Å². The van der Waals surface area contributed by atoms with Crippen LogP contribution in [0.4, 0.5) is 26.3 Å². The van der Waals surface area contributed by atoms with Gasteiger partial charge < -0.3 is 0 Å². The second kappa shape index (κ2) is 4.69. The molecule has 0 aromatic carbocycles. The first kappa shape index (κ1) is 12.5. The van der Waals surface area contributed by atoms with Gasteiger partial charge in [-0.1, -0.05) is 0 Å². The maximum Gasteiger partial charge on any atom is 0.362 e. The van der Waals surface area contributed by atoms with Gasteiger partial charge >= 0.3 is 12.2 Å². The number of alkyl halides is 6.